The minimum Gasteiger partial charge on any atom is -0.465 e. The van der Waals surface area contributed by atoms with Crippen LogP contribution in [0, 0.1) is 0 Å². The number of nitrogen functional groups attached to an aromatic ring is 1. The van der Waals surface area contributed by atoms with Gasteiger partial charge in [-0.3, -0.25) is 0 Å². The van der Waals surface area contributed by atoms with Crippen LogP contribution in [0.5, 0.6) is 11.6 Å². The van der Waals surface area contributed by atoms with Gasteiger partial charge in [0, 0.05) is 11.2 Å². The zero-order valence-corrected chi connectivity index (χ0v) is 12.5. The summed E-state index contributed by atoms with van der Waals surface area (Å²) in [5, 5.41) is 0.675. The molecule has 1 aromatic heterocycles. The van der Waals surface area contributed by atoms with Crippen LogP contribution < -0.4 is 10.5 Å². The number of hydrogen-bond donors (Lipinski definition) is 1. The Kier molecular flexibility index (Phi) is 4.65. The number of aryl methyl sites for hydroxylation is 1. The maximum Gasteiger partial charge on any atom is 0.340 e. The van der Waals surface area contributed by atoms with Gasteiger partial charge in [-0.15, -0.1) is 0 Å². The van der Waals surface area contributed by atoms with Crippen LogP contribution in [0.1, 0.15) is 22.8 Å². The Labute approximate surface area is 127 Å². The van der Waals surface area contributed by atoms with Gasteiger partial charge < -0.3 is 15.2 Å². The highest BCUT2D eigenvalue weighted by Gasteiger charge is 2.15. The van der Waals surface area contributed by atoms with Crippen LogP contribution in [0.3, 0.4) is 0 Å². The van der Waals surface area contributed by atoms with Crippen LogP contribution >= 0.6 is 11.6 Å². The zero-order valence-electron chi connectivity index (χ0n) is 11.7. The van der Waals surface area contributed by atoms with Crippen LogP contribution in [0.4, 0.5) is 5.69 Å². The standard InChI is InChI=1S/C15H15ClN2O3/c1-3-9-8-10(4-5-12(9)16)21-14-13(17)11(6-7-18-14)15(19)20-2/h4-8H,3,17H2,1-2H3. The Hall–Kier alpha value is -2.27. The summed E-state index contributed by atoms with van der Waals surface area (Å²) >= 11 is 6.06. The molecule has 110 valence electrons. The number of esters is 1. The molecule has 2 rings (SSSR count). The molecule has 0 unspecified atom stereocenters. The number of halogens is 1. The van der Waals surface area contributed by atoms with Crippen LogP contribution in [-0.2, 0) is 11.2 Å². The predicted molar refractivity (Wildman–Crippen MR) is 80.9 cm³/mol. The Balaban J connectivity index is 2.34. The number of ether oxygens (including phenoxy) is 2. The van der Waals surface area contributed by atoms with E-state index in [1.807, 2.05) is 13.0 Å². The van der Waals surface area contributed by atoms with Crippen molar-refractivity contribution in [1.29, 1.82) is 0 Å². The summed E-state index contributed by atoms with van der Waals surface area (Å²) in [5.41, 5.74) is 7.20. The van der Waals surface area contributed by atoms with Crippen LogP contribution in [0.2, 0.25) is 5.02 Å². The van der Waals surface area contributed by atoms with Gasteiger partial charge in [0.15, 0.2) is 0 Å². The maximum absolute atomic E-state index is 11.6. The third kappa shape index (κ3) is 3.25. The summed E-state index contributed by atoms with van der Waals surface area (Å²) in [4.78, 5) is 15.6. The van der Waals surface area contributed by atoms with Crippen molar-refractivity contribution >= 4 is 23.3 Å². The molecular weight excluding hydrogens is 292 g/mol. The quantitative estimate of drug-likeness (QED) is 0.876. The lowest BCUT2D eigenvalue weighted by Crippen LogP contribution is -2.07. The fourth-order valence-electron chi connectivity index (χ4n) is 1.82. The van der Waals surface area contributed by atoms with Crippen molar-refractivity contribution in [2.75, 3.05) is 12.8 Å². The Morgan fingerprint density at radius 2 is 2.14 bits per heavy atom. The lowest BCUT2D eigenvalue weighted by Gasteiger charge is -2.11. The van der Waals surface area contributed by atoms with Crippen molar-refractivity contribution in [1.82, 2.24) is 4.98 Å². The van der Waals surface area contributed by atoms with Gasteiger partial charge in [0.25, 0.3) is 0 Å². The van der Waals surface area contributed by atoms with Crippen molar-refractivity contribution in [2.45, 2.75) is 13.3 Å². The molecule has 0 saturated heterocycles. The summed E-state index contributed by atoms with van der Waals surface area (Å²) in [7, 11) is 1.29. The second-order valence-corrected chi connectivity index (χ2v) is 4.68. The second kappa shape index (κ2) is 6.45. The Bertz CT molecular complexity index is 674. The number of aromatic nitrogens is 1. The summed E-state index contributed by atoms with van der Waals surface area (Å²) in [5.74, 6) is 0.171. The molecular formula is C15H15ClN2O3. The van der Waals surface area contributed by atoms with Crippen molar-refractivity contribution in [3.05, 3.63) is 46.6 Å². The first kappa shape index (κ1) is 15.1. The van der Waals surface area contributed by atoms with E-state index in [-0.39, 0.29) is 17.1 Å². The van der Waals surface area contributed by atoms with Crippen molar-refractivity contribution in [3.63, 3.8) is 0 Å². The van der Waals surface area contributed by atoms with Gasteiger partial charge in [-0.1, -0.05) is 18.5 Å². The molecule has 5 nitrogen and oxygen atoms in total. The molecule has 0 radical (unpaired) electrons. The summed E-state index contributed by atoms with van der Waals surface area (Å²) < 4.78 is 10.3. The monoisotopic (exact) mass is 306 g/mol. The van der Waals surface area contributed by atoms with Crippen molar-refractivity contribution in [3.8, 4) is 11.6 Å². The molecule has 0 spiro atoms. The van der Waals surface area contributed by atoms with E-state index in [1.54, 1.807) is 12.1 Å². The van der Waals surface area contributed by atoms with Gasteiger partial charge >= 0.3 is 5.97 Å². The topological polar surface area (TPSA) is 74.4 Å². The van der Waals surface area contributed by atoms with E-state index in [0.717, 1.165) is 12.0 Å². The van der Waals surface area contributed by atoms with E-state index in [0.29, 0.717) is 10.8 Å². The lowest BCUT2D eigenvalue weighted by molar-refractivity contribution is 0.0601. The number of nitrogens with zero attached hydrogens (tertiary/aromatic N) is 1. The molecule has 1 heterocycles. The van der Waals surface area contributed by atoms with E-state index in [4.69, 9.17) is 22.1 Å². The molecule has 0 aliphatic rings. The van der Waals surface area contributed by atoms with Crippen LogP contribution in [0.15, 0.2) is 30.5 Å². The zero-order chi connectivity index (χ0) is 15.4. The van der Waals surface area contributed by atoms with Gasteiger partial charge in [-0.2, -0.15) is 0 Å². The maximum atomic E-state index is 11.6. The van der Waals surface area contributed by atoms with E-state index in [9.17, 15) is 4.79 Å². The SMILES string of the molecule is CCc1cc(Oc2nccc(C(=O)OC)c2N)ccc1Cl. The van der Waals surface area contributed by atoms with E-state index >= 15 is 0 Å². The normalized spacial score (nSPS) is 10.2. The highest BCUT2D eigenvalue weighted by atomic mass is 35.5. The smallest absolute Gasteiger partial charge is 0.340 e. The van der Waals surface area contributed by atoms with Crippen LogP contribution in [0.25, 0.3) is 0 Å². The molecule has 0 bridgehead atoms. The number of benzene rings is 1. The third-order valence-corrected chi connectivity index (χ3v) is 3.34. The van der Waals surface area contributed by atoms with Gasteiger partial charge in [-0.25, -0.2) is 9.78 Å². The average Bonchev–Trinajstić information content (AvgIpc) is 2.50. The highest BCUT2D eigenvalue weighted by molar-refractivity contribution is 6.31. The lowest BCUT2D eigenvalue weighted by atomic mass is 10.1. The molecule has 2 N–H and O–H groups in total. The van der Waals surface area contributed by atoms with E-state index in [1.165, 1.54) is 19.4 Å². The van der Waals surface area contributed by atoms with E-state index < -0.39 is 5.97 Å². The molecule has 0 fully saturated rings. The number of hydrogen-bond acceptors (Lipinski definition) is 5. The summed E-state index contributed by atoms with van der Waals surface area (Å²) in [6.45, 7) is 2.00. The molecule has 0 aliphatic carbocycles. The van der Waals surface area contributed by atoms with E-state index in [2.05, 4.69) is 9.72 Å². The fourth-order valence-corrected chi connectivity index (χ4v) is 2.07. The first-order chi connectivity index (χ1) is 10.1. The molecule has 6 heteroatoms. The number of rotatable bonds is 4. The average molecular weight is 307 g/mol. The number of carbonyl (C=O) groups is 1. The van der Waals surface area contributed by atoms with Crippen molar-refractivity contribution < 1.29 is 14.3 Å². The second-order valence-electron chi connectivity index (χ2n) is 4.28. The molecule has 1 aromatic carbocycles. The Morgan fingerprint density at radius 1 is 1.38 bits per heavy atom. The number of methoxy groups -OCH3 is 1. The van der Waals surface area contributed by atoms with Gasteiger partial charge in [0.05, 0.1) is 12.7 Å². The fraction of sp³-hybridized carbons (Fsp3) is 0.200. The summed E-state index contributed by atoms with van der Waals surface area (Å²) in [6, 6.07) is 6.76. The first-order valence-electron chi connectivity index (χ1n) is 6.35. The van der Waals surface area contributed by atoms with Gasteiger partial charge in [-0.05, 0) is 36.2 Å². The molecule has 0 atom stereocenters. The summed E-state index contributed by atoms with van der Waals surface area (Å²) in [6.07, 6.45) is 2.22. The largest absolute Gasteiger partial charge is 0.465 e. The minimum absolute atomic E-state index is 0.136. The number of pyridine rings is 1. The van der Waals surface area contributed by atoms with Gasteiger partial charge in [0.2, 0.25) is 5.88 Å². The molecule has 2 aromatic rings. The van der Waals surface area contributed by atoms with Gasteiger partial charge in [0.1, 0.15) is 11.4 Å². The van der Waals surface area contributed by atoms with Crippen molar-refractivity contribution in [2.24, 2.45) is 0 Å². The minimum atomic E-state index is -0.537. The highest BCUT2D eigenvalue weighted by Crippen LogP contribution is 2.30. The third-order valence-electron chi connectivity index (χ3n) is 2.97. The molecule has 0 aliphatic heterocycles. The first-order valence-corrected chi connectivity index (χ1v) is 6.73. The van der Waals surface area contributed by atoms with Crippen LogP contribution in [-0.4, -0.2) is 18.1 Å². The number of carbonyl (C=O) groups excluding carboxylic acids is 1. The molecule has 0 amide bonds. The Morgan fingerprint density at radius 3 is 2.81 bits per heavy atom. The molecule has 0 saturated carbocycles. The predicted octanol–water partition coefficient (Wildman–Crippen LogP) is 3.46. The number of anilines is 1. The number of nitrogens with two attached hydrogens (primary N) is 1. The molecule has 21 heavy (non-hydrogen) atoms.